The first-order valence-electron chi connectivity index (χ1n) is 14.0. The number of benzene rings is 2. The van der Waals surface area contributed by atoms with Gasteiger partial charge in [0, 0.05) is 45.1 Å². The summed E-state index contributed by atoms with van der Waals surface area (Å²) in [7, 11) is 1.63. The van der Waals surface area contributed by atoms with Gasteiger partial charge in [0.15, 0.2) is 0 Å². The van der Waals surface area contributed by atoms with Crippen LogP contribution in [0.2, 0.25) is 0 Å². The smallest absolute Gasteiger partial charge is 0.312 e. The van der Waals surface area contributed by atoms with Crippen LogP contribution in [0.3, 0.4) is 0 Å². The van der Waals surface area contributed by atoms with Crippen molar-refractivity contribution in [1.82, 2.24) is 26.2 Å². The number of nitrogens with two attached hydrogens (primary N) is 1. The minimum absolute atomic E-state index is 0.0306. The molecule has 2 aromatic rings. The third-order valence-corrected chi connectivity index (χ3v) is 6.42. The predicted molar refractivity (Wildman–Crippen MR) is 162 cm³/mol. The van der Waals surface area contributed by atoms with Gasteiger partial charge in [-0.3, -0.25) is 24.0 Å². The molecule has 2 rings (SSSR count). The molecular weight excluding hydrogens is 570 g/mol. The fourth-order valence-corrected chi connectivity index (χ4v) is 4.18. The SMILES string of the molecule is CN(Cc1ccc(NC(=O)C(CCCNC(N)=O)NC(=O)CNC(=O)CCC=O)cc1)C(=O)C(Cc1ccccc1)NC=O. The Morgan fingerprint density at radius 2 is 1.59 bits per heavy atom. The Bertz CT molecular complexity index is 1270. The number of nitrogens with one attached hydrogen (secondary N) is 5. The van der Waals surface area contributed by atoms with Crippen LogP contribution >= 0.6 is 0 Å². The van der Waals surface area contributed by atoms with Crippen LogP contribution in [0.4, 0.5) is 10.5 Å². The number of hydrogen-bond donors (Lipinski definition) is 6. The van der Waals surface area contributed by atoms with Crippen LogP contribution in [0.25, 0.3) is 0 Å². The van der Waals surface area contributed by atoms with Gasteiger partial charge in [0.05, 0.1) is 6.54 Å². The number of urea groups is 1. The predicted octanol–water partition coefficient (Wildman–Crippen LogP) is -0.0306. The molecular formula is C30H39N7O7. The minimum atomic E-state index is -0.987. The van der Waals surface area contributed by atoms with Crippen molar-refractivity contribution in [3.05, 3.63) is 65.7 Å². The molecule has 44 heavy (non-hydrogen) atoms. The average molecular weight is 610 g/mol. The summed E-state index contributed by atoms with van der Waals surface area (Å²) >= 11 is 0. The number of hydrogen-bond acceptors (Lipinski definition) is 7. The fourth-order valence-electron chi connectivity index (χ4n) is 4.18. The summed E-state index contributed by atoms with van der Waals surface area (Å²) in [6, 6.07) is 13.7. The van der Waals surface area contributed by atoms with E-state index in [2.05, 4.69) is 26.6 Å². The lowest BCUT2D eigenvalue weighted by atomic mass is 10.0. The normalized spacial score (nSPS) is 11.7. The molecule has 0 spiro atoms. The number of carbonyl (C=O) groups is 7. The summed E-state index contributed by atoms with van der Waals surface area (Å²) in [6.45, 7) is 0.0619. The molecule has 0 saturated heterocycles. The molecule has 7 N–H and O–H groups in total. The molecule has 0 aliphatic rings. The minimum Gasteiger partial charge on any atom is -0.352 e. The van der Waals surface area contributed by atoms with Crippen LogP contribution in [-0.4, -0.2) is 79.5 Å². The highest BCUT2D eigenvalue weighted by Gasteiger charge is 2.23. The van der Waals surface area contributed by atoms with Gasteiger partial charge < -0.3 is 42.0 Å². The maximum atomic E-state index is 13.0. The highest BCUT2D eigenvalue weighted by atomic mass is 16.2. The second-order valence-corrected chi connectivity index (χ2v) is 9.94. The molecule has 2 unspecified atom stereocenters. The molecule has 0 aromatic heterocycles. The van der Waals surface area contributed by atoms with Gasteiger partial charge in [0.1, 0.15) is 18.4 Å². The number of aldehydes is 1. The van der Waals surface area contributed by atoms with Crippen molar-refractivity contribution in [2.75, 3.05) is 25.5 Å². The zero-order valence-electron chi connectivity index (χ0n) is 24.5. The highest BCUT2D eigenvalue weighted by Crippen LogP contribution is 2.14. The lowest BCUT2D eigenvalue weighted by Gasteiger charge is -2.24. The van der Waals surface area contributed by atoms with Crippen molar-refractivity contribution in [2.24, 2.45) is 5.73 Å². The van der Waals surface area contributed by atoms with E-state index in [9.17, 15) is 33.6 Å². The molecule has 236 valence electrons. The molecule has 0 saturated carbocycles. The molecule has 14 heteroatoms. The van der Waals surface area contributed by atoms with E-state index in [1.54, 1.807) is 31.3 Å². The molecule has 0 aliphatic carbocycles. The van der Waals surface area contributed by atoms with Crippen LogP contribution < -0.4 is 32.3 Å². The van der Waals surface area contributed by atoms with Crippen molar-refractivity contribution in [3.8, 4) is 0 Å². The third kappa shape index (κ3) is 13.1. The van der Waals surface area contributed by atoms with Gasteiger partial charge in [-0.15, -0.1) is 0 Å². The first-order valence-corrected chi connectivity index (χ1v) is 14.0. The number of amides is 7. The molecule has 2 aromatic carbocycles. The van der Waals surface area contributed by atoms with Crippen LogP contribution in [0, 0.1) is 0 Å². The Morgan fingerprint density at radius 1 is 0.886 bits per heavy atom. The molecule has 0 radical (unpaired) electrons. The van der Waals surface area contributed by atoms with Crippen LogP contribution in [0.15, 0.2) is 54.6 Å². The number of rotatable bonds is 19. The van der Waals surface area contributed by atoms with Crippen molar-refractivity contribution < 1.29 is 33.6 Å². The molecule has 0 bridgehead atoms. The lowest BCUT2D eigenvalue weighted by Crippen LogP contribution is -2.47. The molecule has 2 atom stereocenters. The van der Waals surface area contributed by atoms with Gasteiger partial charge in [-0.2, -0.15) is 0 Å². The maximum Gasteiger partial charge on any atom is 0.312 e. The molecule has 0 heterocycles. The Balaban J connectivity index is 1.98. The molecule has 0 fully saturated rings. The average Bonchev–Trinajstić information content (AvgIpc) is 3.01. The van der Waals surface area contributed by atoms with E-state index in [1.165, 1.54) is 4.90 Å². The topological polar surface area (TPSA) is 209 Å². The second-order valence-electron chi connectivity index (χ2n) is 9.94. The van der Waals surface area contributed by atoms with Crippen LogP contribution in [0.1, 0.15) is 36.8 Å². The van der Waals surface area contributed by atoms with E-state index in [0.717, 1.165) is 11.1 Å². The van der Waals surface area contributed by atoms with E-state index >= 15 is 0 Å². The van der Waals surface area contributed by atoms with Crippen molar-refractivity contribution >= 4 is 48.0 Å². The first kappa shape index (κ1) is 34.9. The zero-order chi connectivity index (χ0) is 32.3. The summed E-state index contributed by atoms with van der Waals surface area (Å²) in [5.74, 6) is -1.86. The maximum absolute atomic E-state index is 13.0. The molecule has 14 nitrogen and oxygen atoms in total. The largest absolute Gasteiger partial charge is 0.352 e. The van der Waals surface area contributed by atoms with Gasteiger partial charge in [-0.05, 0) is 36.1 Å². The Morgan fingerprint density at radius 3 is 2.23 bits per heavy atom. The first-order chi connectivity index (χ1) is 21.1. The van der Waals surface area contributed by atoms with Crippen LogP contribution in [-0.2, 0) is 41.7 Å². The summed E-state index contributed by atoms with van der Waals surface area (Å²) in [4.78, 5) is 84.2. The standard InChI is InChI=1S/C30H39N7O7/c1-37(29(43)25(34-20-39)17-21-7-3-2-4-8-21)19-22-11-13-23(14-12-22)35-28(42)24(9-5-15-32-30(31)44)36-27(41)18-33-26(40)10-6-16-38/h2-4,7-8,11-14,16,20,24-25H,5-6,9-10,15,17-19H2,1H3,(H,33,40)(H,34,39)(H,35,42)(H,36,41)(H3,31,32,44). The molecule has 0 aliphatic heterocycles. The number of likely N-dealkylation sites (N-methyl/N-ethyl adjacent to an activating group) is 1. The van der Waals surface area contributed by atoms with Gasteiger partial charge >= 0.3 is 6.03 Å². The fraction of sp³-hybridized carbons (Fsp3) is 0.367. The second kappa shape index (κ2) is 19.0. The van der Waals surface area contributed by atoms with Gasteiger partial charge in [-0.25, -0.2) is 4.79 Å². The number of carbonyl (C=O) groups excluding carboxylic acids is 7. The van der Waals surface area contributed by atoms with Crippen LogP contribution in [0.5, 0.6) is 0 Å². The summed E-state index contributed by atoms with van der Waals surface area (Å²) in [5, 5.41) is 12.7. The highest BCUT2D eigenvalue weighted by molar-refractivity contribution is 5.97. The van der Waals surface area contributed by atoms with E-state index in [0.29, 0.717) is 31.2 Å². The van der Waals surface area contributed by atoms with E-state index in [-0.39, 0.29) is 44.8 Å². The third-order valence-electron chi connectivity index (χ3n) is 6.42. The quantitative estimate of drug-likeness (QED) is 0.0945. The summed E-state index contributed by atoms with van der Waals surface area (Å²) in [6.07, 6.45) is 1.92. The van der Waals surface area contributed by atoms with Gasteiger partial charge in [-0.1, -0.05) is 42.5 Å². The Hall–Kier alpha value is -5.27. The number of nitrogens with zero attached hydrogens (tertiary/aromatic N) is 1. The van der Waals surface area contributed by atoms with Crippen molar-refractivity contribution in [3.63, 3.8) is 0 Å². The van der Waals surface area contributed by atoms with E-state index in [4.69, 9.17) is 5.73 Å². The Kier molecular flexibility index (Phi) is 15.1. The lowest BCUT2D eigenvalue weighted by molar-refractivity contribution is -0.134. The molecule has 7 amide bonds. The van der Waals surface area contributed by atoms with E-state index in [1.807, 2.05) is 30.3 Å². The Labute approximate surface area is 255 Å². The summed E-state index contributed by atoms with van der Waals surface area (Å²) < 4.78 is 0. The van der Waals surface area contributed by atoms with E-state index < -0.39 is 35.8 Å². The van der Waals surface area contributed by atoms with Crippen molar-refractivity contribution in [1.29, 1.82) is 0 Å². The van der Waals surface area contributed by atoms with Gasteiger partial charge in [0.25, 0.3) is 0 Å². The van der Waals surface area contributed by atoms with Crippen molar-refractivity contribution in [2.45, 2.75) is 50.7 Å². The van der Waals surface area contributed by atoms with Gasteiger partial charge in [0.2, 0.25) is 30.0 Å². The summed E-state index contributed by atoms with van der Waals surface area (Å²) in [5.41, 5.74) is 7.19. The zero-order valence-corrected chi connectivity index (χ0v) is 24.5. The monoisotopic (exact) mass is 609 g/mol. The number of anilines is 1. The number of primary amides is 1.